The lowest BCUT2D eigenvalue weighted by molar-refractivity contribution is -0.126. The van der Waals surface area contributed by atoms with Crippen molar-refractivity contribution in [3.05, 3.63) is 35.9 Å². The molecule has 0 saturated carbocycles. The first-order valence-corrected chi connectivity index (χ1v) is 7.26. The zero-order valence-electron chi connectivity index (χ0n) is 11.8. The van der Waals surface area contributed by atoms with Gasteiger partial charge in [0.2, 0.25) is 5.91 Å². The van der Waals surface area contributed by atoms with E-state index in [0.717, 1.165) is 45.3 Å². The van der Waals surface area contributed by atoms with Crippen LogP contribution in [0.4, 0.5) is 0 Å². The van der Waals surface area contributed by atoms with Crippen LogP contribution in [0.2, 0.25) is 0 Å². The minimum Gasteiger partial charge on any atom is -0.356 e. The van der Waals surface area contributed by atoms with Crippen molar-refractivity contribution in [3.63, 3.8) is 0 Å². The summed E-state index contributed by atoms with van der Waals surface area (Å²) in [5.41, 5.74) is 1.34. The lowest BCUT2D eigenvalue weighted by atomic mass is 9.97. The third-order valence-corrected chi connectivity index (χ3v) is 3.78. The van der Waals surface area contributed by atoms with Gasteiger partial charge in [-0.3, -0.25) is 4.79 Å². The third-order valence-electron chi connectivity index (χ3n) is 3.78. The first-order chi connectivity index (χ1) is 9.25. The highest BCUT2D eigenvalue weighted by atomic mass is 16.1. The quantitative estimate of drug-likeness (QED) is 0.822. The van der Waals surface area contributed by atoms with E-state index in [2.05, 4.69) is 41.5 Å². The Balaban J connectivity index is 1.64. The van der Waals surface area contributed by atoms with Crippen molar-refractivity contribution in [3.8, 4) is 0 Å². The molecular formula is C16H24N2O. The lowest BCUT2D eigenvalue weighted by Gasteiger charge is -2.28. The summed E-state index contributed by atoms with van der Waals surface area (Å²) in [5.74, 6) is 0.426. The van der Waals surface area contributed by atoms with Crippen molar-refractivity contribution >= 4 is 5.91 Å². The molecule has 0 aliphatic carbocycles. The molecule has 19 heavy (non-hydrogen) atoms. The number of likely N-dealkylation sites (tertiary alicyclic amines) is 1. The Kier molecular flexibility index (Phi) is 5.40. The van der Waals surface area contributed by atoms with Crippen molar-refractivity contribution in [2.45, 2.75) is 25.7 Å². The fourth-order valence-corrected chi connectivity index (χ4v) is 2.67. The number of nitrogens with one attached hydrogen (secondary N) is 1. The summed E-state index contributed by atoms with van der Waals surface area (Å²) < 4.78 is 0. The minimum atomic E-state index is 0.190. The molecule has 1 N–H and O–H groups in total. The molecule has 104 valence electrons. The van der Waals surface area contributed by atoms with E-state index >= 15 is 0 Å². The number of aryl methyl sites for hydroxylation is 1. The van der Waals surface area contributed by atoms with Crippen LogP contribution < -0.4 is 5.32 Å². The molecule has 0 bridgehead atoms. The van der Waals surface area contributed by atoms with Gasteiger partial charge >= 0.3 is 0 Å². The average molecular weight is 260 g/mol. The van der Waals surface area contributed by atoms with Gasteiger partial charge in [-0.05, 0) is 44.8 Å². The molecule has 1 aromatic rings. The molecule has 0 aromatic heterocycles. The highest BCUT2D eigenvalue weighted by Crippen LogP contribution is 2.14. The summed E-state index contributed by atoms with van der Waals surface area (Å²) in [6.45, 7) is 2.82. The molecule has 1 aliphatic heterocycles. The molecule has 1 heterocycles. The van der Waals surface area contributed by atoms with Gasteiger partial charge in [0.05, 0.1) is 5.92 Å². The van der Waals surface area contributed by atoms with Gasteiger partial charge in [-0.2, -0.15) is 0 Å². The van der Waals surface area contributed by atoms with Crippen LogP contribution in [0.1, 0.15) is 24.8 Å². The number of carbonyl (C=O) groups excluding carboxylic acids is 1. The third kappa shape index (κ3) is 4.67. The van der Waals surface area contributed by atoms with Gasteiger partial charge in [0, 0.05) is 13.1 Å². The Hall–Kier alpha value is -1.35. The molecule has 1 amide bonds. The Morgan fingerprint density at radius 3 is 2.89 bits per heavy atom. The highest BCUT2D eigenvalue weighted by Gasteiger charge is 2.23. The second-order valence-electron chi connectivity index (χ2n) is 5.48. The first kappa shape index (κ1) is 14.1. The van der Waals surface area contributed by atoms with Gasteiger partial charge in [-0.15, -0.1) is 0 Å². The van der Waals surface area contributed by atoms with E-state index in [4.69, 9.17) is 0 Å². The van der Waals surface area contributed by atoms with Crippen LogP contribution in [0, 0.1) is 5.92 Å². The summed E-state index contributed by atoms with van der Waals surface area (Å²) in [4.78, 5) is 14.3. The highest BCUT2D eigenvalue weighted by molar-refractivity contribution is 5.78. The largest absolute Gasteiger partial charge is 0.356 e. The average Bonchev–Trinajstić information content (AvgIpc) is 2.44. The summed E-state index contributed by atoms with van der Waals surface area (Å²) in [7, 11) is 2.09. The smallest absolute Gasteiger partial charge is 0.224 e. The van der Waals surface area contributed by atoms with Gasteiger partial charge in [-0.1, -0.05) is 30.3 Å². The maximum absolute atomic E-state index is 12.0. The predicted molar refractivity (Wildman–Crippen MR) is 78.0 cm³/mol. The molecule has 1 aliphatic rings. The number of benzene rings is 1. The van der Waals surface area contributed by atoms with Gasteiger partial charge in [-0.25, -0.2) is 0 Å². The Bertz CT molecular complexity index is 391. The summed E-state index contributed by atoms with van der Waals surface area (Å²) in [5, 5.41) is 3.08. The zero-order valence-corrected chi connectivity index (χ0v) is 11.8. The predicted octanol–water partition coefficient (Wildman–Crippen LogP) is 2.08. The second-order valence-corrected chi connectivity index (χ2v) is 5.48. The van der Waals surface area contributed by atoms with E-state index in [0.29, 0.717) is 0 Å². The number of rotatable bonds is 5. The van der Waals surface area contributed by atoms with Crippen molar-refractivity contribution in [2.75, 3.05) is 26.7 Å². The van der Waals surface area contributed by atoms with Crippen molar-refractivity contribution in [2.24, 2.45) is 5.92 Å². The number of hydrogen-bond donors (Lipinski definition) is 1. The summed E-state index contributed by atoms with van der Waals surface area (Å²) >= 11 is 0. The van der Waals surface area contributed by atoms with Crippen LogP contribution in [0.5, 0.6) is 0 Å². The zero-order chi connectivity index (χ0) is 13.5. The number of nitrogens with zero attached hydrogens (tertiary/aromatic N) is 1. The number of amides is 1. The normalized spacial score (nSPS) is 20.2. The molecule has 1 fully saturated rings. The van der Waals surface area contributed by atoms with Gasteiger partial charge in [0.15, 0.2) is 0 Å². The molecule has 0 spiro atoms. The SMILES string of the molecule is CN1CCC[C@@H](C(=O)NCCCc2ccccc2)C1. The van der Waals surface area contributed by atoms with Crippen molar-refractivity contribution in [1.82, 2.24) is 10.2 Å². The van der Waals surface area contributed by atoms with E-state index in [9.17, 15) is 4.79 Å². The molecule has 1 aromatic carbocycles. The molecule has 3 nitrogen and oxygen atoms in total. The van der Waals surface area contributed by atoms with Crippen molar-refractivity contribution < 1.29 is 4.79 Å². The van der Waals surface area contributed by atoms with Gasteiger partial charge < -0.3 is 10.2 Å². The molecule has 2 rings (SSSR count). The van der Waals surface area contributed by atoms with Crippen LogP contribution in [-0.4, -0.2) is 37.5 Å². The fraction of sp³-hybridized carbons (Fsp3) is 0.562. The standard InChI is InChI=1S/C16H24N2O/c1-18-12-6-10-15(13-18)16(19)17-11-5-9-14-7-3-2-4-8-14/h2-4,7-8,15H,5-6,9-13H2,1H3,(H,17,19)/t15-/m1/s1. The monoisotopic (exact) mass is 260 g/mol. The lowest BCUT2D eigenvalue weighted by Crippen LogP contribution is -2.41. The fourth-order valence-electron chi connectivity index (χ4n) is 2.67. The molecule has 1 saturated heterocycles. The van der Waals surface area contributed by atoms with Crippen LogP contribution in [0.3, 0.4) is 0 Å². The van der Waals surface area contributed by atoms with Gasteiger partial charge in [0.25, 0.3) is 0 Å². The Morgan fingerprint density at radius 2 is 2.16 bits per heavy atom. The summed E-state index contributed by atoms with van der Waals surface area (Å²) in [6, 6.07) is 10.4. The maximum Gasteiger partial charge on any atom is 0.224 e. The molecule has 3 heteroatoms. The molecular weight excluding hydrogens is 236 g/mol. The van der Waals surface area contributed by atoms with E-state index in [1.54, 1.807) is 0 Å². The minimum absolute atomic E-state index is 0.190. The first-order valence-electron chi connectivity index (χ1n) is 7.26. The second kappa shape index (κ2) is 7.29. The van der Waals surface area contributed by atoms with E-state index in [1.807, 2.05) is 6.07 Å². The van der Waals surface area contributed by atoms with Gasteiger partial charge in [0.1, 0.15) is 0 Å². The van der Waals surface area contributed by atoms with Crippen LogP contribution >= 0.6 is 0 Å². The number of hydrogen-bond acceptors (Lipinski definition) is 2. The number of piperidine rings is 1. The van der Waals surface area contributed by atoms with E-state index in [-0.39, 0.29) is 11.8 Å². The Labute approximate surface area is 116 Å². The molecule has 0 unspecified atom stereocenters. The topological polar surface area (TPSA) is 32.3 Å². The van der Waals surface area contributed by atoms with Crippen LogP contribution in [0.25, 0.3) is 0 Å². The van der Waals surface area contributed by atoms with Crippen LogP contribution in [0.15, 0.2) is 30.3 Å². The summed E-state index contributed by atoms with van der Waals surface area (Å²) in [6.07, 6.45) is 4.22. The van der Waals surface area contributed by atoms with Crippen molar-refractivity contribution in [1.29, 1.82) is 0 Å². The molecule has 1 atom stereocenters. The van der Waals surface area contributed by atoms with E-state index < -0.39 is 0 Å². The van der Waals surface area contributed by atoms with Crippen LogP contribution in [-0.2, 0) is 11.2 Å². The Morgan fingerprint density at radius 1 is 1.37 bits per heavy atom. The maximum atomic E-state index is 12.0. The molecule has 0 radical (unpaired) electrons. The number of carbonyl (C=O) groups is 1. The van der Waals surface area contributed by atoms with E-state index in [1.165, 1.54) is 5.56 Å².